The zero-order chi connectivity index (χ0) is 13.8. The van der Waals surface area contributed by atoms with Crippen LogP contribution in [-0.4, -0.2) is 73.9 Å². The third kappa shape index (κ3) is 8.98. The zero-order valence-corrected chi connectivity index (χ0v) is 17.2. The van der Waals surface area contributed by atoms with Gasteiger partial charge < -0.3 is 13.8 Å². The van der Waals surface area contributed by atoms with Crippen LogP contribution in [0.3, 0.4) is 0 Å². The number of rotatable bonds is 6. The Morgan fingerprint density at radius 2 is 1.45 bits per heavy atom. The molecule has 1 fully saturated rings. The minimum Gasteiger partial charge on any atom is -0.735 e. The Labute approximate surface area is 163 Å². The number of hydrogen-bond acceptors (Lipinski definition) is 8. The average Bonchev–Trinajstić information content (AvgIpc) is 2.22. The Hall–Kier alpha value is 1.70. The Balaban J connectivity index is 0. The molecule has 0 spiro atoms. The summed E-state index contributed by atoms with van der Waals surface area (Å²) in [6.45, 7) is 2.15. The number of ether oxygens (including phenoxy) is 1. The van der Waals surface area contributed by atoms with Crippen LogP contribution in [0.5, 0.6) is 0 Å². The summed E-state index contributed by atoms with van der Waals surface area (Å²) in [4.78, 5) is 1.93. The minimum atomic E-state index is -5.29. The van der Waals surface area contributed by atoms with Crippen LogP contribution in [0.25, 0.3) is 0 Å². The van der Waals surface area contributed by atoms with Gasteiger partial charge in [0.15, 0.2) is 20.6 Å². The molecule has 20 heavy (non-hydrogen) atoms. The van der Waals surface area contributed by atoms with Crippen molar-refractivity contribution >= 4 is 20.6 Å². The summed E-state index contributed by atoms with van der Waals surface area (Å²) in [6.07, 6.45) is 0.0862. The van der Waals surface area contributed by atoms with Gasteiger partial charge in [0, 0.05) is 19.6 Å². The standard InChI is InChI=1S/C7H16N2O7S2.2Na/c10-17(11,12)9(18(13,14)15)3-1-2-8-4-6-16-7-5-8;;/h1-7H2,(H,10,11,12)(H,13,14,15);;/q;2*+1/p-2. The molecule has 0 aromatic heterocycles. The van der Waals surface area contributed by atoms with Crippen molar-refractivity contribution in [1.29, 1.82) is 0 Å². The summed E-state index contributed by atoms with van der Waals surface area (Å²) in [7, 11) is -10.6. The minimum absolute atomic E-state index is 0. The Morgan fingerprint density at radius 1 is 1.00 bits per heavy atom. The molecule has 13 heteroatoms. The van der Waals surface area contributed by atoms with E-state index in [1.54, 1.807) is 0 Å². The zero-order valence-electron chi connectivity index (χ0n) is 11.5. The molecular weight excluding hydrogens is 334 g/mol. The van der Waals surface area contributed by atoms with Gasteiger partial charge in [0.05, 0.1) is 13.2 Å². The van der Waals surface area contributed by atoms with E-state index < -0.39 is 30.9 Å². The molecule has 1 saturated heterocycles. The van der Waals surface area contributed by atoms with Crippen LogP contribution in [0.2, 0.25) is 0 Å². The molecule has 0 radical (unpaired) electrons. The van der Waals surface area contributed by atoms with Crippen molar-refractivity contribution in [1.82, 2.24) is 8.61 Å². The van der Waals surface area contributed by atoms with Crippen LogP contribution in [-0.2, 0) is 25.3 Å². The summed E-state index contributed by atoms with van der Waals surface area (Å²) in [6, 6.07) is 0. The van der Waals surface area contributed by atoms with Gasteiger partial charge in [-0.2, -0.15) is 0 Å². The summed E-state index contributed by atoms with van der Waals surface area (Å²) in [5, 5.41) is 0. The van der Waals surface area contributed by atoms with Crippen molar-refractivity contribution in [2.45, 2.75) is 6.42 Å². The van der Waals surface area contributed by atoms with E-state index in [-0.39, 0.29) is 65.5 Å². The van der Waals surface area contributed by atoms with Gasteiger partial charge in [-0.15, -0.1) is 3.71 Å². The monoisotopic (exact) mass is 348 g/mol. The Morgan fingerprint density at radius 3 is 1.85 bits per heavy atom. The molecule has 0 bridgehead atoms. The van der Waals surface area contributed by atoms with E-state index in [2.05, 4.69) is 0 Å². The van der Waals surface area contributed by atoms with Gasteiger partial charge in [0.1, 0.15) is 0 Å². The second-order valence-electron chi connectivity index (χ2n) is 3.72. The van der Waals surface area contributed by atoms with Crippen molar-refractivity contribution in [3.8, 4) is 0 Å². The van der Waals surface area contributed by atoms with E-state index >= 15 is 0 Å². The van der Waals surface area contributed by atoms with Crippen molar-refractivity contribution < 1.29 is 89.8 Å². The predicted molar refractivity (Wildman–Crippen MR) is 58.0 cm³/mol. The molecule has 0 atom stereocenters. The van der Waals surface area contributed by atoms with Crippen LogP contribution in [0.15, 0.2) is 0 Å². The molecule has 0 unspecified atom stereocenters. The molecule has 9 nitrogen and oxygen atoms in total. The van der Waals surface area contributed by atoms with Gasteiger partial charge in [0.2, 0.25) is 0 Å². The third-order valence-corrected chi connectivity index (χ3v) is 4.88. The van der Waals surface area contributed by atoms with E-state index in [0.29, 0.717) is 32.8 Å². The van der Waals surface area contributed by atoms with Gasteiger partial charge >= 0.3 is 59.1 Å². The molecule has 108 valence electrons. The summed E-state index contributed by atoms with van der Waals surface area (Å²) >= 11 is 0. The molecular formula is C7H14N2Na2O7S2. The number of morpholine rings is 1. The fourth-order valence-electron chi connectivity index (χ4n) is 1.58. The molecule has 0 saturated carbocycles. The van der Waals surface area contributed by atoms with Crippen molar-refractivity contribution in [3.63, 3.8) is 0 Å². The maximum absolute atomic E-state index is 10.6. The maximum Gasteiger partial charge on any atom is 1.00 e. The predicted octanol–water partition coefficient (Wildman–Crippen LogP) is -8.06. The summed E-state index contributed by atoms with van der Waals surface area (Å²) in [5.41, 5.74) is 0. The molecule has 0 aromatic carbocycles. The second-order valence-corrected chi connectivity index (χ2v) is 6.54. The Bertz CT molecular complexity index is 432. The molecule has 0 N–H and O–H groups in total. The van der Waals surface area contributed by atoms with E-state index in [1.165, 1.54) is 0 Å². The first-order chi connectivity index (χ1) is 8.21. The number of hydrogen-bond donors (Lipinski definition) is 0. The first kappa shape index (κ1) is 24.0. The van der Waals surface area contributed by atoms with Crippen LogP contribution in [0.4, 0.5) is 0 Å². The van der Waals surface area contributed by atoms with Gasteiger partial charge in [-0.1, -0.05) is 0 Å². The maximum atomic E-state index is 10.6. The van der Waals surface area contributed by atoms with E-state index in [9.17, 15) is 25.9 Å². The molecule has 1 heterocycles. The summed E-state index contributed by atoms with van der Waals surface area (Å²) < 4.78 is 68.2. The van der Waals surface area contributed by atoms with Crippen LogP contribution < -0.4 is 59.1 Å². The topological polar surface area (TPSA) is 130 Å². The van der Waals surface area contributed by atoms with Crippen LogP contribution in [0, 0.1) is 0 Å². The van der Waals surface area contributed by atoms with Gasteiger partial charge in [-0.05, 0) is 13.0 Å². The van der Waals surface area contributed by atoms with Gasteiger partial charge in [-0.25, -0.2) is 16.8 Å². The smallest absolute Gasteiger partial charge is 0.735 e. The van der Waals surface area contributed by atoms with Crippen molar-refractivity contribution in [2.24, 2.45) is 0 Å². The molecule has 0 aliphatic carbocycles. The quantitative estimate of drug-likeness (QED) is 0.342. The van der Waals surface area contributed by atoms with Crippen molar-refractivity contribution in [2.75, 3.05) is 39.4 Å². The van der Waals surface area contributed by atoms with Crippen LogP contribution in [0.1, 0.15) is 6.42 Å². The molecule has 1 aliphatic heterocycles. The largest absolute Gasteiger partial charge is 1.00 e. The SMILES string of the molecule is O=S(=O)([O-])N(CCCN1CCOCC1)S(=O)(=O)[O-].[Na+].[Na+]. The van der Waals surface area contributed by atoms with Gasteiger partial charge in [-0.3, -0.25) is 4.90 Å². The van der Waals surface area contributed by atoms with E-state index in [4.69, 9.17) is 4.74 Å². The van der Waals surface area contributed by atoms with Crippen molar-refractivity contribution in [3.05, 3.63) is 0 Å². The number of nitrogens with zero attached hydrogens (tertiary/aromatic N) is 2. The van der Waals surface area contributed by atoms with Gasteiger partial charge in [0.25, 0.3) is 0 Å². The third-order valence-electron chi connectivity index (χ3n) is 2.42. The second kappa shape index (κ2) is 10.5. The Kier molecular flexibility index (Phi) is 12.5. The molecule has 1 rings (SSSR count). The fourth-order valence-corrected chi connectivity index (χ4v) is 3.18. The molecule has 0 amide bonds. The average molecular weight is 348 g/mol. The summed E-state index contributed by atoms with van der Waals surface area (Å²) in [5.74, 6) is 0. The molecule has 0 aromatic rings. The molecule has 1 aliphatic rings. The van der Waals surface area contributed by atoms with E-state index in [0.717, 1.165) is 0 Å². The van der Waals surface area contributed by atoms with Crippen LogP contribution >= 0.6 is 0 Å². The first-order valence-corrected chi connectivity index (χ1v) is 7.94. The fraction of sp³-hybridized carbons (Fsp3) is 1.00. The first-order valence-electron chi connectivity index (χ1n) is 5.21. The normalized spacial score (nSPS) is 17.4. The van der Waals surface area contributed by atoms with E-state index in [1.807, 2.05) is 4.90 Å².